The predicted molar refractivity (Wildman–Crippen MR) is 95.9 cm³/mol. The molecule has 2 aromatic carbocycles. The summed E-state index contributed by atoms with van der Waals surface area (Å²) in [6, 6.07) is 11.0. The third kappa shape index (κ3) is 1.97. The molecule has 4 aromatic rings. The van der Waals surface area contributed by atoms with Crippen LogP contribution < -0.4 is 0 Å². The molecule has 22 heavy (non-hydrogen) atoms. The van der Waals surface area contributed by atoms with Gasteiger partial charge >= 0.3 is 0 Å². The number of rotatable bonds is 1. The number of benzene rings is 2. The molecule has 0 radical (unpaired) electrons. The summed E-state index contributed by atoms with van der Waals surface area (Å²) in [5, 5.41) is 2.33. The Kier molecular flexibility index (Phi) is 2.88. The number of aryl methyl sites for hydroxylation is 4. The first-order chi connectivity index (χ1) is 10.5. The fraction of sp³-hybridized carbons (Fsp3) is 0.211. The lowest BCUT2D eigenvalue weighted by Crippen LogP contribution is -1.80. The van der Waals surface area contributed by atoms with E-state index in [1.54, 1.807) is 11.3 Å². The topological polar surface area (TPSA) is 28.7 Å². The van der Waals surface area contributed by atoms with Gasteiger partial charge in [0.2, 0.25) is 0 Å². The minimum atomic E-state index is 1.07. The van der Waals surface area contributed by atoms with Gasteiger partial charge in [-0.3, -0.25) is 0 Å². The number of hydrogen-bond donors (Lipinski definition) is 1. The molecule has 4 rings (SSSR count). The first-order valence-corrected chi connectivity index (χ1v) is 8.31. The second kappa shape index (κ2) is 4.68. The Bertz CT molecular complexity index is 982. The Balaban J connectivity index is 1.97. The zero-order valence-electron chi connectivity index (χ0n) is 13.2. The molecule has 0 saturated heterocycles. The molecule has 0 bridgehead atoms. The van der Waals surface area contributed by atoms with Crippen molar-refractivity contribution in [3.05, 3.63) is 52.6 Å². The lowest BCUT2D eigenvalue weighted by atomic mass is 10.1. The zero-order chi connectivity index (χ0) is 15.4. The van der Waals surface area contributed by atoms with E-state index in [1.165, 1.54) is 37.9 Å². The molecule has 0 atom stereocenters. The van der Waals surface area contributed by atoms with Gasteiger partial charge in [-0.2, -0.15) is 0 Å². The molecule has 2 heterocycles. The van der Waals surface area contributed by atoms with Crippen LogP contribution in [-0.4, -0.2) is 9.97 Å². The summed E-state index contributed by atoms with van der Waals surface area (Å²) in [6.07, 6.45) is 0. The molecular weight excluding hydrogens is 288 g/mol. The Morgan fingerprint density at radius 1 is 0.909 bits per heavy atom. The predicted octanol–water partition coefficient (Wildman–Crippen LogP) is 5.68. The van der Waals surface area contributed by atoms with Gasteiger partial charge in [-0.15, -0.1) is 11.3 Å². The highest BCUT2D eigenvalue weighted by molar-refractivity contribution is 7.21. The standard InChI is InChI=1S/C19H18N2S/c1-10-7-13(4)16-14(8-10)9-15(20-16)19-21-17-11(2)5-6-12(3)18(17)22-19/h5-9,20H,1-4H3. The van der Waals surface area contributed by atoms with E-state index in [9.17, 15) is 0 Å². The van der Waals surface area contributed by atoms with Gasteiger partial charge in [0.25, 0.3) is 0 Å². The highest BCUT2D eigenvalue weighted by Crippen LogP contribution is 2.35. The van der Waals surface area contributed by atoms with E-state index in [2.05, 4.69) is 63.0 Å². The molecular formula is C19H18N2S. The number of aromatic amines is 1. The largest absolute Gasteiger partial charge is 0.352 e. The lowest BCUT2D eigenvalue weighted by molar-refractivity contribution is 1.35. The van der Waals surface area contributed by atoms with Crippen LogP contribution in [0.4, 0.5) is 0 Å². The molecule has 0 saturated carbocycles. The Hall–Kier alpha value is -2.13. The summed E-state index contributed by atoms with van der Waals surface area (Å²) in [5.41, 5.74) is 8.59. The number of nitrogens with one attached hydrogen (secondary N) is 1. The summed E-state index contributed by atoms with van der Waals surface area (Å²) in [4.78, 5) is 8.43. The summed E-state index contributed by atoms with van der Waals surface area (Å²) in [6.45, 7) is 8.58. The van der Waals surface area contributed by atoms with Crippen molar-refractivity contribution < 1.29 is 0 Å². The van der Waals surface area contributed by atoms with Crippen molar-refractivity contribution in [1.29, 1.82) is 0 Å². The van der Waals surface area contributed by atoms with E-state index in [4.69, 9.17) is 4.98 Å². The van der Waals surface area contributed by atoms with Gasteiger partial charge in [-0.25, -0.2) is 4.98 Å². The van der Waals surface area contributed by atoms with Crippen LogP contribution in [0.3, 0.4) is 0 Å². The Labute approximate surface area is 133 Å². The van der Waals surface area contributed by atoms with Gasteiger partial charge in [0.05, 0.1) is 15.9 Å². The number of aromatic nitrogens is 2. The van der Waals surface area contributed by atoms with E-state index in [0.29, 0.717) is 0 Å². The molecule has 0 aliphatic heterocycles. The van der Waals surface area contributed by atoms with E-state index in [0.717, 1.165) is 16.2 Å². The van der Waals surface area contributed by atoms with Crippen molar-refractivity contribution in [3.8, 4) is 10.7 Å². The Morgan fingerprint density at radius 2 is 1.68 bits per heavy atom. The SMILES string of the molecule is Cc1cc(C)c2[nH]c(-c3nc4c(C)ccc(C)c4s3)cc2c1. The van der Waals surface area contributed by atoms with Crippen molar-refractivity contribution in [1.82, 2.24) is 9.97 Å². The van der Waals surface area contributed by atoms with E-state index in [1.807, 2.05) is 0 Å². The monoisotopic (exact) mass is 306 g/mol. The smallest absolute Gasteiger partial charge is 0.140 e. The number of H-pyrrole nitrogens is 1. The van der Waals surface area contributed by atoms with Gasteiger partial charge in [-0.1, -0.05) is 23.8 Å². The van der Waals surface area contributed by atoms with Crippen molar-refractivity contribution in [2.24, 2.45) is 0 Å². The third-order valence-electron chi connectivity index (χ3n) is 4.24. The lowest BCUT2D eigenvalue weighted by Gasteiger charge is -1.97. The molecule has 0 spiro atoms. The maximum atomic E-state index is 4.88. The van der Waals surface area contributed by atoms with Gasteiger partial charge in [0.1, 0.15) is 5.01 Å². The average molecular weight is 306 g/mol. The first-order valence-electron chi connectivity index (χ1n) is 7.50. The van der Waals surface area contributed by atoms with E-state index >= 15 is 0 Å². The summed E-state index contributed by atoms with van der Waals surface area (Å²) >= 11 is 1.77. The molecule has 1 N–H and O–H groups in total. The van der Waals surface area contributed by atoms with Crippen molar-refractivity contribution >= 4 is 32.5 Å². The summed E-state index contributed by atoms with van der Waals surface area (Å²) in [7, 11) is 0. The number of hydrogen-bond acceptors (Lipinski definition) is 2. The molecule has 0 amide bonds. The quantitative estimate of drug-likeness (QED) is 0.481. The highest BCUT2D eigenvalue weighted by atomic mass is 32.1. The maximum absolute atomic E-state index is 4.88. The first kappa shape index (κ1) is 13.5. The van der Waals surface area contributed by atoms with Gasteiger partial charge < -0.3 is 4.98 Å². The molecule has 0 aliphatic rings. The van der Waals surface area contributed by atoms with Gasteiger partial charge in [0.15, 0.2) is 0 Å². The van der Waals surface area contributed by atoms with Crippen LogP contribution in [0.1, 0.15) is 22.3 Å². The van der Waals surface area contributed by atoms with Crippen molar-refractivity contribution in [2.45, 2.75) is 27.7 Å². The van der Waals surface area contributed by atoms with Crippen LogP contribution in [-0.2, 0) is 0 Å². The van der Waals surface area contributed by atoms with Crippen LogP contribution in [0.25, 0.3) is 31.8 Å². The number of nitrogens with zero attached hydrogens (tertiary/aromatic N) is 1. The molecule has 2 nitrogen and oxygen atoms in total. The van der Waals surface area contributed by atoms with E-state index < -0.39 is 0 Å². The molecule has 0 fully saturated rings. The normalized spacial score (nSPS) is 11.6. The molecule has 3 heteroatoms. The van der Waals surface area contributed by atoms with E-state index in [-0.39, 0.29) is 0 Å². The third-order valence-corrected chi connectivity index (χ3v) is 5.47. The second-order valence-corrected chi connectivity index (χ2v) is 7.12. The minimum Gasteiger partial charge on any atom is -0.352 e. The highest BCUT2D eigenvalue weighted by Gasteiger charge is 2.13. The molecule has 110 valence electrons. The number of fused-ring (bicyclic) bond motifs is 2. The summed E-state index contributed by atoms with van der Waals surface area (Å²) < 4.78 is 1.29. The van der Waals surface area contributed by atoms with Gasteiger partial charge in [-0.05, 0) is 56.5 Å². The molecule has 0 unspecified atom stereocenters. The van der Waals surface area contributed by atoms with Gasteiger partial charge in [0, 0.05) is 10.9 Å². The fourth-order valence-electron chi connectivity index (χ4n) is 3.10. The second-order valence-electron chi connectivity index (χ2n) is 6.13. The Morgan fingerprint density at radius 3 is 2.45 bits per heavy atom. The van der Waals surface area contributed by atoms with Crippen LogP contribution in [0, 0.1) is 27.7 Å². The van der Waals surface area contributed by atoms with Crippen molar-refractivity contribution in [2.75, 3.05) is 0 Å². The van der Waals surface area contributed by atoms with Crippen molar-refractivity contribution in [3.63, 3.8) is 0 Å². The molecule has 0 aliphatic carbocycles. The fourth-order valence-corrected chi connectivity index (χ4v) is 4.18. The van der Waals surface area contributed by atoms with Crippen LogP contribution >= 0.6 is 11.3 Å². The van der Waals surface area contributed by atoms with Crippen LogP contribution in [0.2, 0.25) is 0 Å². The summed E-state index contributed by atoms with van der Waals surface area (Å²) in [5.74, 6) is 0. The molecule has 2 aromatic heterocycles. The zero-order valence-corrected chi connectivity index (χ0v) is 14.1. The maximum Gasteiger partial charge on any atom is 0.140 e. The average Bonchev–Trinajstić information content (AvgIpc) is 3.07. The minimum absolute atomic E-state index is 1.07. The van der Waals surface area contributed by atoms with Crippen LogP contribution in [0.5, 0.6) is 0 Å². The van der Waals surface area contributed by atoms with Crippen LogP contribution in [0.15, 0.2) is 30.3 Å². The number of thiazole rings is 1.